The number of hydrogen-bond acceptors (Lipinski definition) is 5. The van der Waals surface area contributed by atoms with Crippen molar-refractivity contribution in [2.45, 2.75) is 18.9 Å². The lowest BCUT2D eigenvalue weighted by atomic mass is 10.0. The van der Waals surface area contributed by atoms with E-state index in [0.717, 1.165) is 25.9 Å². The Kier molecular flexibility index (Phi) is 3.95. The van der Waals surface area contributed by atoms with Crippen LogP contribution in [0.25, 0.3) is 16.5 Å². The molecular weight excluding hydrogens is 367 g/mol. The van der Waals surface area contributed by atoms with Crippen LogP contribution in [-0.4, -0.2) is 32.8 Å². The van der Waals surface area contributed by atoms with E-state index in [-0.39, 0.29) is 17.7 Å². The average Bonchev–Trinajstić information content (AvgIpc) is 3.44. The number of furan rings is 1. The Morgan fingerprint density at radius 1 is 1.19 bits per heavy atom. The standard InChI is InChI=1S/C19H17FN4O2S/c20-13-7-2-1-6-12(13)15(23-9-3-4-10-23)16-18(25)24-19(27-16)21-17(22-24)14-8-5-11-26-14/h1-2,5-8,11,15,25H,3-4,9-10H2/p+1/t15-/m1/s1. The van der Waals surface area contributed by atoms with E-state index in [4.69, 9.17) is 4.42 Å². The second-order valence-corrected chi connectivity index (χ2v) is 7.73. The Morgan fingerprint density at radius 3 is 2.70 bits per heavy atom. The maximum absolute atomic E-state index is 14.6. The van der Waals surface area contributed by atoms with E-state index in [2.05, 4.69) is 10.1 Å². The van der Waals surface area contributed by atoms with E-state index >= 15 is 0 Å². The highest BCUT2D eigenvalue weighted by molar-refractivity contribution is 7.17. The number of quaternary nitrogens is 1. The third-order valence-corrected chi connectivity index (χ3v) is 6.16. The lowest BCUT2D eigenvalue weighted by Gasteiger charge is -2.24. The minimum absolute atomic E-state index is 0.0213. The Labute approximate surface area is 158 Å². The van der Waals surface area contributed by atoms with Crippen LogP contribution in [-0.2, 0) is 0 Å². The number of benzene rings is 1. The first-order chi connectivity index (χ1) is 13.2. The highest BCUT2D eigenvalue weighted by Gasteiger charge is 2.36. The van der Waals surface area contributed by atoms with Gasteiger partial charge in [0.15, 0.2) is 11.8 Å². The van der Waals surface area contributed by atoms with E-state index in [0.29, 0.717) is 27.0 Å². The molecule has 1 atom stereocenters. The molecule has 8 heteroatoms. The van der Waals surface area contributed by atoms with Gasteiger partial charge in [0.1, 0.15) is 10.7 Å². The Bertz CT molecular complexity index is 1080. The number of nitrogens with zero attached hydrogens (tertiary/aromatic N) is 3. The molecule has 1 saturated heterocycles. The molecule has 3 aromatic heterocycles. The predicted octanol–water partition coefficient (Wildman–Crippen LogP) is 2.66. The molecule has 27 heavy (non-hydrogen) atoms. The van der Waals surface area contributed by atoms with Crippen molar-refractivity contribution < 1.29 is 18.8 Å². The van der Waals surface area contributed by atoms with Crippen LogP contribution in [0.5, 0.6) is 5.88 Å². The minimum atomic E-state index is -0.269. The summed E-state index contributed by atoms with van der Waals surface area (Å²) in [5.74, 6) is 0.733. The van der Waals surface area contributed by atoms with Gasteiger partial charge in [-0.3, -0.25) is 0 Å². The number of hydrogen-bond donors (Lipinski definition) is 2. The van der Waals surface area contributed by atoms with Gasteiger partial charge in [-0.2, -0.15) is 9.50 Å². The minimum Gasteiger partial charge on any atom is -0.492 e. The third-order valence-electron chi connectivity index (χ3n) is 5.07. The lowest BCUT2D eigenvalue weighted by molar-refractivity contribution is -0.913. The molecule has 1 aromatic carbocycles. The maximum atomic E-state index is 14.6. The fourth-order valence-electron chi connectivity index (χ4n) is 3.82. The van der Waals surface area contributed by atoms with E-state index in [1.54, 1.807) is 30.5 Å². The summed E-state index contributed by atoms with van der Waals surface area (Å²) in [6.07, 6.45) is 3.76. The summed E-state index contributed by atoms with van der Waals surface area (Å²) < 4.78 is 21.4. The lowest BCUT2D eigenvalue weighted by Crippen LogP contribution is -3.10. The van der Waals surface area contributed by atoms with Crippen molar-refractivity contribution in [3.8, 4) is 17.5 Å². The number of fused-ring (bicyclic) bond motifs is 1. The van der Waals surface area contributed by atoms with Gasteiger partial charge in [-0.1, -0.05) is 23.5 Å². The molecule has 0 amide bonds. The van der Waals surface area contributed by atoms with Crippen LogP contribution in [0.4, 0.5) is 4.39 Å². The summed E-state index contributed by atoms with van der Waals surface area (Å²) in [4.78, 5) is 6.99. The predicted molar refractivity (Wildman–Crippen MR) is 98.4 cm³/mol. The van der Waals surface area contributed by atoms with Crippen molar-refractivity contribution in [3.63, 3.8) is 0 Å². The molecule has 1 aliphatic rings. The first-order valence-corrected chi connectivity index (χ1v) is 9.75. The van der Waals surface area contributed by atoms with Crippen molar-refractivity contribution >= 4 is 16.3 Å². The molecule has 2 N–H and O–H groups in total. The van der Waals surface area contributed by atoms with Crippen molar-refractivity contribution in [3.05, 3.63) is 58.9 Å². The van der Waals surface area contributed by atoms with Gasteiger partial charge in [-0.15, -0.1) is 5.10 Å². The second kappa shape index (κ2) is 6.47. The van der Waals surface area contributed by atoms with Gasteiger partial charge in [0, 0.05) is 12.8 Å². The zero-order chi connectivity index (χ0) is 18.4. The van der Waals surface area contributed by atoms with Gasteiger partial charge in [-0.05, 0) is 24.3 Å². The summed E-state index contributed by atoms with van der Waals surface area (Å²) in [5.41, 5.74) is 0.598. The number of aromatic nitrogens is 3. The molecule has 0 unspecified atom stereocenters. The van der Waals surface area contributed by atoms with Crippen molar-refractivity contribution in [2.24, 2.45) is 0 Å². The Balaban J connectivity index is 1.63. The quantitative estimate of drug-likeness (QED) is 0.567. The fraction of sp³-hybridized carbons (Fsp3) is 0.263. The van der Waals surface area contributed by atoms with Gasteiger partial charge in [-0.25, -0.2) is 4.39 Å². The summed E-state index contributed by atoms with van der Waals surface area (Å²) in [6, 6.07) is 10.1. The van der Waals surface area contributed by atoms with E-state index in [1.165, 1.54) is 26.8 Å². The first-order valence-electron chi connectivity index (χ1n) is 8.93. The normalized spacial score (nSPS) is 16.3. The summed E-state index contributed by atoms with van der Waals surface area (Å²) in [6.45, 7) is 1.90. The molecule has 0 spiro atoms. The summed E-state index contributed by atoms with van der Waals surface area (Å²) in [7, 11) is 0. The number of aromatic hydroxyl groups is 1. The molecule has 0 saturated carbocycles. The van der Waals surface area contributed by atoms with Crippen LogP contribution < -0.4 is 4.90 Å². The van der Waals surface area contributed by atoms with Crippen molar-refractivity contribution in [2.75, 3.05) is 13.1 Å². The number of likely N-dealkylation sites (tertiary alicyclic amines) is 1. The Morgan fingerprint density at radius 2 is 2.00 bits per heavy atom. The highest BCUT2D eigenvalue weighted by atomic mass is 32.1. The molecule has 0 bridgehead atoms. The number of thiazole rings is 1. The number of nitrogens with one attached hydrogen (secondary N) is 1. The van der Waals surface area contributed by atoms with Crippen LogP contribution in [0.1, 0.15) is 29.3 Å². The van der Waals surface area contributed by atoms with Crippen LogP contribution >= 0.6 is 11.3 Å². The zero-order valence-corrected chi connectivity index (χ0v) is 15.2. The SMILES string of the molecule is Oc1c([C@@H](c2ccccc2F)[NH+]2CCCC2)sc2nc(-c3ccco3)nn12. The van der Waals surface area contributed by atoms with Crippen LogP contribution in [0.15, 0.2) is 47.1 Å². The van der Waals surface area contributed by atoms with Gasteiger partial charge in [0.05, 0.1) is 24.9 Å². The maximum Gasteiger partial charge on any atom is 0.235 e. The van der Waals surface area contributed by atoms with Gasteiger partial charge in [0.2, 0.25) is 16.7 Å². The smallest absolute Gasteiger partial charge is 0.235 e. The average molecular weight is 385 g/mol. The molecular formula is C19H18FN4O2S+. The van der Waals surface area contributed by atoms with Gasteiger partial charge >= 0.3 is 0 Å². The van der Waals surface area contributed by atoms with Gasteiger partial charge < -0.3 is 14.4 Å². The third kappa shape index (κ3) is 2.72. The first kappa shape index (κ1) is 16.5. The summed E-state index contributed by atoms with van der Waals surface area (Å²) >= 11 is 1.35. The zero-order valence-electron chi connectivity index (χ0n) is 14.4. The molecule has 4 heterocycles. The molecule has 0 aliphatic carbocycles. The molecule has 1 fully saturated rings. The Hall–Kier alpha value is -2.71. The molecule has 5 rings (SSSR count). The molecule has 1 aliphatic heterocycles. The topological polar surface area (TPSA) is 68.0 Å². The number of halogens is 1. The van der Waals surface area contributed by atoms with Gasteiger partial charge in [0.25, 0.3) is 0 Å². The largest absolute Gasteiger partial charge is 0.492 e. The molecule has 138 valence electrons. The van der Waals surface area contributed by atoms with Crippen molar-refractivity contribution in [1.29, 1.82) is 0 Å². The number of rotatable bonds is 4. The monoisotopic (exact) mass is 385 g/mol. The van der Waals surface area contributed by atoms with E-state index in [1.807, 2.05) is 6.07 Å². The van der Waals surface area contributed by atoms with E-state index in [9.17, 15) is 9.50 Å². The summed E-state index contributed by atoms with van der Waals surface area (Å²) in [5, 5.41) is 15.3. The molecule has 6 nitrogen and oxygen atoms in total. The molecule has 0 radical (unpaired) electrons. The fourth-order valence-corrected chi connectivity index (χ4v) is 4.95. The van der Waals surface area contributed by atoms with Crippen molar-refractivity contribution in [1.82, 2.24) is 14.6 Å². The van der Waals surface area contributed by atoms with Crippen LogP contribution in [0.2, 0.25) is 0 Å². The van der Waals surface area contributed by atoms with E-state index < -0.39 is 0 Å². The van der Waals surface area contributed by atoms with Crippen LogP contribution in [0, 0.1) is 5.82 Å². The van der Waals surface area contributed by atoms with Crippen LogP contribution in [0.3, 0.4) is 0 Å². The highest BCUT2D eigenvalue weighted by Crippen LogP contribution is 2.36. The molecule has 4 aromatic rings. The second-order valence-electron chi connectivity index (χ2n) is 6.72.